The molecule has 0 radical (unpaired) electrons. The van der Waals surface area contributed by atoms with Gasteiger partial charge in [-0.1, -0.05) is 25.4 Å². The van der Waals surface area contributed by atoms with Crippen molar-refractivity contribution in [1.82, 2.24) is 0 Å². The minimum atomic E-state index is -0.0404. The second kappa shape index (κ2) is 6.61. The van der Waals surface area contributed by atoms with Crippen LogP contribution in [0.25, 0.3) is 0 Å². The first-order valence-electron chi connectivity index (χ1n) is 9.15. The standard InChI is InChI=1S/C22H23ClN2O2/c1-22(2)11-20-19(21(27)12-22)13-24(16-7-9-18(26)10-8-16)14-25(20)17-5-3-15(23)4-6-17/h3-10,26H,11-14H2,1-2H3. The molecule has 0 aromatic heterocycles. The van der Waals surface area contributed by atoms with Crippen LogP contribution in [0.1, 0.15) is 26.7 Å². The number of allylic oxidation sites excluding steroid dienone is 1. The Balaban J connectivity index is 1.78. The summed E-state index contributed by atoms with van der Waals surface area (Å²) in [5.74, 6) is 0.462. The van der Waals surface area contributed by atoms with Gasteiger partial charge in [-0.25, -0.2) is 0 Å². The number of rotatable bonds is 2. The summed E-state index contributed by atoms with van der Waals surface area (Å²) in [6.07, 6.45) is 1.45. The highest BCUT2D eigenvalue weighted by atomic mass is 35.5. The summed E-state index contributed by atoms with van der Waals surface area (Å²) in [5, 5.41) is 10.3. The summed E-state index contributed by atoms with van der Waals surface area (Å²) in [5.41, 5.74) is 3.98. The van der Waals surface area contributed by atoms with Gasteiger partial charge in [0.2, 0.25) is 0 Å². The fourth-order valence-corrected chi connectivity index (χ4v) is 4.08. The lowest BCUT2D eigenvalue weighted by atomic mass is 9.74. The molecular weight excluding hydrogens is 360 g/mol. The number of phenols is 1. The van der Waals surface area contributed by atoms with Gasteiger partial charge in [0.05, 0.1) is 6.67 Å². The molecule has 0 saturated heterocycles. The molecule has 2 aliphatic rings. The third-order valence-corrected chi connectivity index (χ3v) is 5.56. The van der Waals surface area contributed by atoms with Crippen LogP contribution in [0.15, 0.2) is 59.8 Å². The van der Waals surface area contributed by atoms with Crippen molar-refractivity contribution in [2.45, 2.75) is 26.7 Å². The van der Waals surface area contributed by atoms with Crippen molar-refractivity contribution < 1.29 is 9.90 Å². The van der Waals surface area contributed by atoms with Gasteiger partial charge in [0.15, 0.2) is 5.78 Å². The van der Waals surface area contributed by atoms with Crippen LogP contribution < -0.4 is 9.80 Å². The highest BCUT2D eigenvalue weighted by Crippen LogP contribution is 2.42. The minimum Gasteiger partial charge on any atom is -0.508 e. The lowest BCUT2D eigenvalue weighted by Gasteiger charge is -2.45. The van der Waals surface area contributed by atoms with Crippen molar-refractivity contribution >= 4 is 28.8 Å². The molecule has 1 N–H and O–H groups in total. The molecule has 1 heterocycles. The van der Waals surface area contributed by atoms with E-state index in [2.05, 4.69) is 23.6 Å². The Kier molecular flexibility index (Phi) is 4.39. The first kappa shape index (κ1) is 17.9. The summed E-state index contributed by atoms with van der Waals surface area (Å²) < 4.78 is 0. The van der Waals surface area contributed by atoms with Gasteiger partial charge in [0.25, 0.3) is 0 Å². The number of nitrogens with zero attached hydrogens (tertiary/aromatic N) is 2. The van der Waals surface area contributed by atoms with Gasteiger partial charge < -0.3 is 14.9 Å². The normalized spacial score (nSPS) is 19.3. The Bertz CT molecular complexity index is 901. The summed E-state index contributed by atoms with van der Waals surface area (Å²) >= 11 is 6.08. The Hall–Kier alpha value is -2.46. The SMILES string of the molecule is CC1(C)CC(=O)C2=C(C1)N(c1ccc(Cl)cc1)CN(c1ccc(O)cc1)C2. The zero-order valence-electron chi connectivity index (χ0n) is 15.6. The predicted octanol–water partition coefficient (Wildman–Crippen LogP) is 4.97. The predicted molar refractivity (Wildman–Crippen MR) is 109 cm³/mol. The molecule has 5 heteroatoms. The third kappa shape index (κ3) is 3.54. The van der Waals surface area contributed by atoms with Crippen LogP contribution in [0, 0.1) is 5.41 Å². The number of benzene rings is 2. The van der Waals surface area contributed by atoms with E-state index in [0.717, 1.165) is 29.1 Å². The lowest BCUT2D eigenvalue weighted by Crippen LogP contribution is -2.48. The van der Waals surface area contributed by atoms with E-state index in [1.54, 1.807) is 12.1 Å². The van der Waals surface area contributed by atoms with E-state index in [9.17, 15) is 9.90 Å². The number of halogens is 1. The average molecular weight is 383 g/mol. The van der Waals surface area contributed by atoms with E-state index in [-0.39, 0.29) is 16.9 Å². The monoisotopic (exact) mass is 382 g/mol. The molecule has 27 heavy (non-hydrogen) atoms. The van der Waals surface area contributed by atoms with Crippen molar-refractivity contribution in [3.05, 3.63) is 64.8 Å². The summed E-state index contributed by atoms with van der Waals surface area (Å²) in [6.45, 7) is 5.55. The quantitative estimate of drug-likeness (QED) is 0.796. The number of carbonyl (C=O) groups excluding carboxylic acids is 1. The molecule has 0 spiro atoms. The molecule has 0 bridgehead atoms. The molecule has 4 nitrogen and oxygen atoms in total. The zero-order chi connectivity index (χ0) is 19.2. The molecule has 1 aliphatic heterocycles. The number of aromatic hydroxyl groups is 1. The van der Waals surface area contributed by atoms with Crippen molar-refractivity contribution in [2.75, 3.05) is 23.0 Å². The van der Waals surface area contributed by atoms with E-state index < -0.39 is 0 Å². The maximum atomic E-state index is 12.9. The molecule has 4 rings (SSSR count). The lowest BCUT2D eigenvalue weighted by molar-refractivity contribution is -0.118. The summed E-state index contributed by atoms with van der Waals surface area (Å²) in [7, 11) is 0. The summed E-state index contributed by atoms with van der Waals surface area (Å²) in [6, 6.07) is 14.9. The molecule has 0 atom stereocenters. The number of phenolic OH excluding ortho intramolecular Hbond substituents is 1. The Morgan fingerprint density at radius 1 is 0.963 bits per heavy atom. The van der Waals surface area contributed by atoms with Crippen molar-refractivity contribution in [2.24, 2.45) is 5.41 Å². The number of anilines is 2. The van der Waals surface area contributed by atoms with Gasteiger partial charge in [-0.3, -0.25) is 4.79 Å². The van der Waals surface area contributed by atoms with E-state index in [1.807, 2.05) is 36.4 Å². The van der Waals surface area contributed by atoms with Gasteiger partial charge in [0.1, 0.15) is 5.75 Å². The Morgan fingerprint density at radius 2 is 1.59 bits per heavy atom. The van der Waals surface area contributed by atoms with Crippen LogP contribution in [0.5, 0.6) is 5.75 Å². The maximum absolute atomic E-state index is 12.9. The fraction of sp³-hybridized carbons (Fsp3) is 0.318. The molecular formula is C22H23ClN2O2. The van der Waals surface area contributed by atoms with Gasteiger partial charge in [-0.05, 0) is 60.4 Å². The Labute approximate surface area is 164 Å². The smallest absolute Gasteiger partial charge is 0.162 e. The van der Waals surface area contributed by atoms with E-state index >= 15 is 0 Å². The highest BCUT2D eigenvalue weighted by Gasteiger charge is 2.39. The number of ketones is 1. The van der Waals surface area contributed by atoms with Crippen molar-refractivity contribution in [3.63, 3.8) is 0 Å². The largest absolute Gasteiger partial charge is 0.508 e. The summed E-state index contributed by atoms with van der Waals surface area (Å²) in [4.78, 5) is 17.3. The van der Waals surface area contributed by atoms with Crippen LogP contribution in [-0.4, -0.2) is 24.1 Å². The topological polar surface area (TPSA) is 43.8 Å². The molecule has 2 aromatic rings. The van der Waals surface area contributed by atoms with Crippen LogP contribution >= 0.6 is 11.6 Å². The number of carbonyl (C=O) groups is 1. The molecule has 0 unspecified atom stereocenters. The third-order valence-electron chi connectivity index (χ3n) is 5.31. The van der Waals surface area contributed by atoms with Crippen molar-refractivity contribution in [3.8, 4) is 5.75 Å². The molecule has 1 aliphatic carbocycles. The van der Waals surface area contributed by atoms with Gasteiger partial charge in [-0.2, -0.15) is 0 Å². The second-order valence-electron chi connectivity index (χ2n) is 8.13. The number of Topliss-reactive ketones (excluding diaryl/α,β-unsaturated/α-hetero) is 1. The van der Waals surface area contributed by atoms with Crippen molar-refractivity contribution in [1.29, 1.82) is 0 Å². The first-order chi connectivity index (χ1) is 12.8. The van der Waals surface area contributed by atoms with Gasteiger partial charge in [-0.15, -0.1) is 0 Å². The molecule has 0 fully saturated rings. The Morgan fingerprint density at radius 3 is 2.26 bits per heavy atom. The van der Waals surface area contributed by atoms with Crippen LogP contribution in [0.3, 0.4) is 0 Å². The fourth-order valence-electron chi connectivity index (χ4n) is 3.95. The molecule has 0 saturated carbocycles. The molecule has 2 aromatic carbocycles. The first-order valence-corrected chi connectivity index (χ1v) is 9.52. The second-order valence-corrected chi connectivity index (χ2v) is 8.56. The number of hydrogen-bond donors (Lipinski definition) is 1. The van der Waals surface area contributed by atoms with E-state index in [1.165, 1.54) is 0 Å². The van der Waals surface area contributed by atoms with Crippen LogP contribution in [-0.2, 0) is 4.79 Å². The van der Waals surface area contributed by atoms with Gasteiger partial charge >= 0.3 is 0 Å². The van der Waals surface area contributed by atoms with E-state index in [0.29, 0.717) is 24.7 Å². The van der Waals surface area contributed by atoms with Crippen LogP contribution in [0.2, 0.25) is 5.02 Å². The molecule has 140 valence electrons. The van der Waals surface area contributed by atoms with Crippen LogP contribution in [0.4, 0.5) is 11.4 Å². The molecule has 0 amide bonds. The highest BCUT2D eigenvalue weighted by molar-refractivity contribution is 6.30. The minimum absolute atomic E-state index is 0.0404. The van der Waals surface area contributed by atoms with E-state index in [4.69, 9.17) is 11.6 Å². The van der Waals surface area contributed by atoms with Gasteiger partial charge in [0, 0.05) is 40.6 Å². The number of hydrogen-bond acceptors (Lipinski definition) is 4. The zero-order valence-corrected chi connectivity index (χ0v) is 16.3. The maximum Gasteiger partial charge on any atom is 0.162 e. The average Bonchev–Trinajstić information content (AvgIpc) is 2.62.